The number of aromatic amines is 1. The average molecular weight is 348 g/mol. The zero-order valence-electron chi connectivity index (χ0n) is 15.3. The van der Waals surface area contributed by atoms with Gasteiger partial charge in [0, 0.05) is 12.7 Å². The van der Waals surface area contributed by atoms with Crippen LogP contribution in [0.15, 0.2) is 34.0 Å². The number of nitrogens with one attached hydrogen (secondary N) is 1. The summed E-state index contributed by atoms with van der Waals surface area (Å²) in [6.45, 7) is 6.75. The van der Waals surface area contributed by atoms with E-state index in [2.05, 4.69) is 11.9 Å². The van der Waals surface area contributed by atoms with E-state index in [0.29, 0.717) is 18.7 Å². The van der Waals surface area contributed by atoms with Crippen LogP contribution in [0.3, 0.4) is 0 Å². The second-order valence-corrected chi connectivity index (χ2v) is 6.69. The highest BCUT2D eigenvalue weighted by Gasteiger charge is 2.30. The molecule has 6 heteroatoms. The molecule has 1 aliphatic heterocycles. The van der Waals surface area contributed by atoms with E-state index in [1.165, 1.54) is 17.4 Å². The number of hydrogen-bond donors (Lipinski definition) is 1. The van der Waals surface area contributed by atoms with Gasteiger partial charge in [0.1, 0.15) is 6.10 Å². The minimum atomic E-state index is -0.570. The third kappa shape index (κ3) is 6.14. The van der Waals surface area contributed by atoms with E-state index in [1.807, 2.05) is 32.1 Å². The number of allylic oxidation sites excluding steroid dienone is 2. The molecular weight excluding hydrogens is 320 g/mol. The lowest BCUT2D eigenvalue weighted by Gasteiger charge is -2.15. The largest absolute Gasteiger partial charge is 0.347 e. The fourth-order valence-electron chi connectivity index (χ4n) is 2.64. The highest BCUT2D eigenvalue weighted by molar-refractivity contribution is 5.46. The van der Waals surface area contributed by atoms with Crippen LogP contribution < -0.4 is 11.2 Å². The fraction of sp³-hybridized carbons (Fsp3) is 0.579. The molecule has 0 aromatic carbocycles. The summed E-state index contributed by atoms with van der Waals surface area (Å²) in [6, 6.07) is 0. The predicted molar refractivity (Wildman–Crippen MR) is 98.5 cm³/mol. The predicted octanol–water partition coefficient (Wildman–Crippen LogP) is 2.84. The Balaban J connectivity index is 1.99. The van der Waals surface area contributed by atoms with Crippen molar-refractivity contribution in [3.05, 3.63) is 50.8 Å². The van der Waals surface area contributed by atoms with Crippen molar-refractivity contribution in [1.82, 2.24) is 9.55 Å². The molecule has 1 aliphatic rings. The number of aromatic nitrogens is 2. The molecule has 6 nitrogen and oxygen atoms in total. The van der Waals surface area contributed by atoms with Gasteiger partial charge in [0.15, 0.2) is 5.79 Å². The molecule has 0 bridgehead atoms. The second-order valence-electron chi connectivity index (χ2n) is 6.69. The topological polar surface area (TPSA) is 73.3 Å². The Morgan fingerprint density at radius 1 is 1.32 bits per heavy atom. The maximum Gasteiger partial charge on any atom is 0.328 e. The number of rotatable bonds is 8. The summed E-state index contributed by atoms with van der Waals surface area (Å²) in [5.74, 6) is -0.570. The van der Waals surface area contributed by atoms with Crippen molar-refractivity contribution in [2.24, 2.45) is 0 Å². The quantitative estimate of drug-likeness (QED) is 0.579. The summed E-state index contributed by atoms with van der Waals surface area (Å²) in [7, 11) is 0. The Labute approximate surface area is 148 Å². The van der Waals surface area contributed by atoms with E-state index >= 15 is 0 Å². The average Bonchev–Trinajstić information content (AvgIpc) is 2.90. The summed E-state index contributed by atoms with van der Waals surface area (Å²) in [6.07, 6.45) is 13.4. The molecule has 1 aromatic heterocycles. The summed E-state index contributed by atoms with van der Waals surface area (Å²) >= 11 is 0. The number of H-pyrrole nitrogens is 1. The van der Waals surface area contributed by atoms with Crippen molar-refractivity contribution in [3.8, 4) is 0 Å². The number of hydrogen-bond acceptors (Lipinski definition) is 4. The van der Waals surface area contributed by atoms with Crippen LogP contribution in [0.4, 0.5) is 0 Å². The molecule has 0 spiro atoms. The van der Waals surface area contributed by atoms with Gasteiger partial charge in [-0.25, -0.2) is 4.79 Å². The monoisotopic (exact) mass is 348 g/mol. The molecular formula is C19H28N2O4. The Kier molecular flexibility index (Phi) is 6.96. The van der Waals surface area contributed by atoms with Gasteiger partial charge in [0.25, 0.3) is 5.56 Å². The van der Waals surface area contributed by atoms with Gasteiger partial charge in [0.05, 0.1) is 12.2 Å². The zero-order chi connectivity index (χ0) is 18.3. The van der Waals surface area contributed by atoms with Gasteiger partial charge >= 0.3 is 5.69 Å². The molecule has 1 saturated heterocycles. The summed E-state index contributed by atoms with van der Waals surface area (Å²) < 4.78 is 12.6. The molecule has 138 valence electrons. The first-order chi connectivity index (χ1) is 11.9. The SMILES string of the molecule is CCCCC/C=C/c1cn(C/C=C/C2COC(C)(C)O2)c(=O)[nH]c1=O. The first-order valence-electron chi connectivity index (χ1n) is 8.90. The van der Waals surface area contributed by atoms with E-state index in [-0.39, 0.29) is 11.7 Å². The zero-order valence-corrected chi connectivity index (χ0v) is 15.3. The highest BCUT2D eigenvalue weighted by Crippen LogP contribution is 2.22. The van der Waals surface area contributed by atoms with Gasteiger partial charge in [-0.05, 0) is 26.7 Å². The lowest BCUT2D eigenvalue weighted by atomic mass is 10.2. The smallest absolute Gasteiger partial charge is 0.328 e. The van der Waals surface area contributed by atoms with Crippen LogP contribution >= 0.6 is 0 Å². The third-order valence-electron chi connectivity index (χ3n) is 3.99. The van der Waals surface area contributed by atoms with E-state index in [9.17, 15) is 9.59 Å². The van der Waals surface area contributed by atoms with Gasteiger partial charge in [-0.3, -0.25) is 14.3 Å². The van der Waals surface area contributed by atoms with Crippen molar-refractivity contribution in [2.45, 2.75) is 64.9 Å². The standard InChI is InChI=1S/C19H28N2O4/c1-4-5-6-7-8-10-15-13-21(18(23)20-17(15)22)12-9-11-16-14-24-19(2,3)25-16/h8-11,13,16H,4-7,12,14H2,1-3H3,(H,20,22,23)/b10-8+,11-9+. The van der Waals surface area contributed by atoms with Crippen LogP contribution in [0.2, 0.25) is 0 Å². The van der Waals surface area contributed by atoms with Gasteiger partial charge < -0.3 is 9.47 Å². The van der Waals surface area contributed by atoms with E-state index in [4.69, 9.17) is 9.47 Å². The van der Waals surface area contributed by atoms with Gasteiger partial charge in [0.2, 0.25) is 0 Å². The van der Waals surface area contributed by atoms with Crippen LogP contribution in [0, 0.1) is 0 Å². The first-order valence-corrected chi connectivity index (χ1v) is 8.90. The molecule has 0 amide bonds. The Bertz CT molecular complexity index is 728. The first kappa shape index (κ1) is 19.4. The van der Waals surface area contributed by atoms with Crippen molar-refractivity contribution in [1.29, 1.82) is 0 Å². The van der Waals surface area contributed by atoms with Crippen LogP contribution in [-0.2, 0) is 16.0 Å². The van der Waals surface area contributed by atoms with E-state index in [0.717, 1.165) is 12.8 Å². The van der Waals surface area contributed by atoms with Gasteiger partial charge in [-0.2, -0.15) is 0 Å². The number of nitrogens with zero attached hydrogens (tertiary/aromatic N) is 1. The van der Waals surface area contributed by atoms with Crippen molar-refractivity contribution < 1.29 is 9.47 Å². The Hall–Kier alpha value is -1.92. The summed E-state index contributed by atoms with van der Waals surface area (Å²) in [5.41, 5.74) is -0.279. The molecule has 0 aliphatic carbocycles. The van der Waals surface area contributed by atoms with Gasteiger partial charge in [-0.15, -0.1) is 0 Å². The van der Waals surface area contributed by atoms with Crippen LogP contribution in [0.1, 0.15) is 52.0 Å². The van der Waals surface area contributed by atoms with E-state index < -0.39 is 11.5 Å². The maximum absolute atomic E-state index is 11.9. The fourth-order valence-corrected chi connectivity index (χ4v) is 2.64. The molecule has 0 saturated carbocycles. The molecule has 0 radical (unpaired) electrons. The Morgan fingerprint density at radius 3 is 2.80 bits per heavy atom. The lowest BCUT2D eigenvalue weighted by Crippen LogP contribution is -2.30. The molecule has 1 fully saturated rings. The van der Waals surface area contributed by atoms with Crippen molar-refractivity contribution in [2.75, 3.05) is 6.61 Å². The minimum absolute atomic E-state index is 0.119. The van der Waals surface area contributed by atoms with Crippen molar-refractivity contribution in [3.63, 3.8) is 0 Å². The molecule has 1 atom stereocenters. The van der Waals surface area contributed by atoms with Crippen LogP contribution in [-0.4, -0.2) is 28.0 Å². The van der Waals surface area contributed by atoms with Crippen LogP contribution in [0.25, 0.3) is 6.08 Å². The number of unbranched alkanes of at least 4 members (excludes halogenated alkanes) is 3. The number of ether oxygens (including phenoxy) is 2. The Morgan fingerprint density at radius 2 is 2.12 bits per heavy atom. The second kappa shape index (κ2) is 8.97. The van der Waals surface area contributed by atoms with E-state index in [1.54, 1.807) is 12.3 Å². The van der Waals surface area contributed by atoms with Gasteiger partial charge in [-0.1, -0.05) is 44.1 Å². The van der Waals surface area contributed by atoms with Crippen molar-refractivity contribution >= 4 is 6.08 Å². The minimum Gasteiger partial charge on any atom is -0.347 e. The molecule has 1 N–H and O–H groups in total. The molecule has 1 unspecified atom stereocenters. The lowest BCUT2D eigenvalue weighted by molar-refractivity contribution is -0.133. The molecule has 25 heavy (non-hydrogen) atoms. The third-order valence-corrected chi connectivity index (χ3v) is 3.99. The molecule has 2 heterocycles. The highest BCUT2D eigenvalue weighted by atomic mass is 16.7. The summed E-state index contributed by atoms with van der Waals surface area (Å²) in [5, 5.41) is 0. The normalized spacial score (nSPS) is 20.0. The molecule has 1 aromatic rings. The maximum atomic E-state index is 11.9. The molecule has 2 rings (SSSR count). The van der Waals surface area contributed by atoms with Crippen LogP contribution in [0.5, 0.6) is 0 Å². The summed E-state index contributed by atoms with van der Waals surface area (Å²) in [4.78, 5) is 26.2.